The zero-order valence-electron chi connectivity index (χ0n) is 14.1. The molecule has 9 heteroatoms. The molecule has 2 aromatic carbocycles. The molecule has 0 spiro atoms. The average Bonchev–Trinajstić information content (AvgIpc) is 2.60. The van der Waals surface area contributed by atoms with E-state index in [4.69, 9.17) is 11.6 Å². The van der Waals surface area contributed by atoms with Gasteiger partial charge in [-0.15, -0.1) is 13.2 Å². The summed E-state index contributed by atoms with van der Waals surface area (Å²) in [4.78, 5) is 23.3. The van der Waals surface area contributed by atoms with Gasteiger partial charge in [-0.3, -0.25) is 4.79 Å². The topological polar surface area (TPSA) is 67.4 Å². The van der Waals surface area contributed by atoms with Crippen molar-refractivity contribution in [3.8, 4) is 5.75 Å². The highest BCUT2D eigenvalue weighted by Gasteiger charge is 2.31. The molecule has 0 fully saturated rings. The highest BCUT2D eigenvalue weighted by molar-refractivity contribution is 6.34. The minimum atomic E-state index is -4.79. The van der Waals surface area contributed by atoms with Crippen molar-refractivity contribution in [3.63, 3.8) is 0 Å². The minimum Gasteiger partial charge on any atom is -0.406 e. The monoisotopic (exact) mass is 400 g/mol. The maximum atomic E-state index is 12.5. The zero-order chi connectivity index (χ0) is 20.0. The summed E-state index contributed by atoms with van der Waals surface area (Å²) in [6.07, 6.45) is -4.01. The number of benzene rings is 2. The summed E-state index contributed by atoms with van der Waals surface area (Å²) in [5.41, 5.74) is 0.875. The molecular formula is C18H16ClF3N2O3. The fourth-order valence-corrected chi connectivity index (χ4v) is 2.38. The van der Waals surface area contributed by atoms with E-state index in [0.717, 1.165) is 18.4 Å². The number of carbonyl (C=O) groups is 2. The second kappa shape index (κ2) is 8.77. The average molecular weight is 401 g/mol. The van der Waals surface area contributed by atoms with Gasteiger partial charge in [0.2, 0.25) is 0 Å². The number of hydrogen-bond donors (Lipinski definition) is 2. The quantitative estimate of drug-likeness (QED) is 0.659. The SMILES string of the molecule is CC(C=O)CNc1c(Cl)cccc1C(=O)Nc1ccc(OC(F)(F)F)cc1. The maximum absolute atomic E-state index is 12.5. The number of nitrogens with one attached hydrogen (secondary N) is 2. The van der Waals surface area contributed by atoms with E-state index in [-0.39, 0.29) is 23.7 Å². The largest absolute Gasteiger partial charge is 0.573 e. The standard InChI is InChI=1S/C18H16ClF3N2O3/c1-11(10-25)9-23-16-14(3-2-4-15(16)19)17(26)24-12-5-7-13(8-6-12)27-18(20,21)22/h2-8,10-11,23H,9H2,1H3,(H,24,26). The van der Waals surface area contributed by atoms with Crippen LogP contribution in [0.1, 0.15) is 17.3 Å². The van der Waals surface area contributed by atoms with Crippen molar-refractivity contribution in [2.75, 3.05) is 17.2 Å². The van der Waals surface area contributed by atoms with Crippen LogP contribution in [0.4, 0.5) is 24.5 Å². The lowest BCUT2D eigenvalue weighted by atomic mass is 10.1. The highest BCUT2D eigenvalue weighted by Crippen LogP contribution is 2.28. The molecule has 0 heterocycles. The molecule has 0 aliphatic heterocycles. The molecule has 144 valence electrons. The molecule has 0 aromatic heterocycles. The third-order valence-corrected chi connectivity index (χ3v) is 3.75. The Bertz CT molecular complexity index is 810. The number of ether oxygens (including phenoxy) is 1. The first-order chi connectivity index (χ1) is 12.7. The number of aldehydes is 1. The van der Waals surface area contributed by atoms with Gasteiger partial charge in [-0.25, -0.2) is 0 Å². The van der Waals surface area contributed by atoms with Crippen LogP contribution in [0.5, 0.6) is 5.75 Å². The summed E-state index contributed by atoms with van der Waals surface area (Å²) in [6.45, 7) is 2.00. The Balaban J connectivity index is 2.13. The summed E-state index contributed by atoms with van der Waals surface area (Å²) in [5, 5.41) is 5.84. The van der Waals surface area contributed by atoms with Gasteiger partial charge in [0.15, 0.2) is 0 Å². The van der Waals surface area contributed by atoms with Gasteiger partial charge < -0.3 is 20.2 Å². The molecule has 27 heavy (non-hydrogen) atoms. The number of para-hydroxylation sites is 1. The van der Waals surface area contributed by atoms with Gasteiger partial charge in [0.1, 0.15) is 12.0 Å². The van der Waals surface area contributed by atoms with E-state index >= 15 is 0 Å². The summed E-state index contributed by atoms with van der Waals surface area (Å²) in [5.74, 6) is -1.19. The van der Waals surface area contributed by atoms with Crippen molar-refractivity contribution >= 4 is 35.2 Å². The van der Waals surface area contributed by atoms with Crippen LogP contribution in [-0.2, 0) is 4.79 Å². The normalized spacial score (nSPS) is 12.2. The van der Waals surface area contributed by atoms with Crippen LogP contribution >= 0.6 is 11.6 Å². The molecule has 0 aliphatic rings. The van der Waals surface area contributed by atoms with Gasteiger partial charge in [0, 0.05) is 18.2 Å². The second-order valence-electron chi connectivity index (χ2n) is 5.68. The first-order valence-corrected chi connectivity index (χ1v) is 8.22. The zero-order valence-corrected chi connectivity index (χ0v) is 14.9. The summed E-state index contributed by atoms with van der Waals surface area (Å²) in [6, 6.07) is 9.46. The number of hydrogen-bond acceptors (Lipinski definition) is 4. The Hall–Kier alpha value is -2.74. The lowest BCUT2D eigenvalue weighted by Gasteiger charge is -2.15. The molecule has 1 atom stereocenters. The Kier molecular flexibility index (Phi) is 6.68. The number of rotatable bonds is 7. The summed E-state index contributed by atoms with van der Waals surface area (Å²) < 4.78 is 40.3. The molecule has 5 nitrogen and oxygen atoms in total. The second-order valence-corrected chi connectivity index (χ2v) is 6.09. The Morgan fingerprint density at radius 2 is 1.89 bits per heavy atom. The molecule has 0 saturated carbocycles. The smallest absolute Gasteiger partial charge is 0.406 e. The van der Waals surface area contributed by atoms with Crippen LogP contribution in [0.2, 0.25) is 5.02 Å². The molecule has 2 rings (SSSR count). The Morgan fingerprint density at radius 1 is 1.22 bits per heavy atom. The molecule has 0 saturated heterocycles. The molecule has 0 bridgehead atoms. The first kappa shape index (κ1) is 20.6. The number of amides is 1. The van der Waals surface area contributed by atoms with E-state index in [9.17, 15) is 22.8 Å². The molecule has 1 amide bonds. The molecule has 2 N–H and O–H groups in total. The van der Waals surface area contributed by atoms with E-state index < -0.39 is 18.0 Å². The number of carbonyl (C=O) groups excluding carboxylic acids is 2. The molecule has 0 radical (unpaired) electrons. The van der Waals surface area contributed by atoms with Gasteiger partial charge in [-0.2, -0.15) is 0 Å². The van der Waals surface area contributed by atoms with E-state index in [1.165, 1.54) is 18.2 Å². The van der Waals surface area contributed by atoms with Crippen molar-refractivity contribution in [2.24, 2.45) is 5.92 Å². The molecule has 0 aliphatic carbocycles. The Morgan fingerprint density at radius 3 is 2.48 bits per heavy atom. The van der Waals surface area contributed by atoms with Crippen molar-refractivity contribution in [2.45, 2.75) is 13.3 Å². The van der Waals surface area contributed by atoms with Gasteiger partial charge >= 0.3 is 6.36 Å². The van der Waals surface area contributed by atoms with Crippen LogP contribution < -0.4 is 15.4 Å². The molecule has 2 aromatic rings. The van der Waals surface area contributed by atoms with Gasteiger partial charge in [-0.1, -0.05) is 24.6 Å². The van der Waals surface area contributed by atoms with Crippen molar-refractivity contribution in [1.29, 1.82) is 0 Å². The van der Waals surface area contributed by atoms with Gasteiger partial charge in [0.25, 0.3) is 5.91 Å². The van der Waals surface area contributed by atoms with Crippen molar-refractivity contribution in [3.05, 3.63) is 53.1 Å². The fraction of sp³-hybridized carbons (Fsp3) is 0.222. The van der Waals surface area contributed by atoms with E-state index in [1.807, 2.05) is 0 Å². The lowest BCUT2D eigenvalue weighted by molar-refractivity contribution is -0.274. The van der Waals surface area contributed by atoms with Crippen molar-refractivity contribution < 1.29 is 27.5 Å². The van der Waals surface area contributed by atoms with Crippen LogP contribution in [-0.4, -0.2) is 25.1 Å². The van der Waals surface area contributed by atoms with E-state index in [0.29, 0.717) is 10.7 Å². The summed E-state index contributed by atoms with van der Waals surface area (Å²) in [7, 11) is 0. The predicted octanol–water partition coefficient (Wildman–Crippen LogP) is 4.74. The number of halogens is 4. The first-order valence-electron chi connectivity index (χ1n) is 7.84. The number of alkyl halides is 3. The van der Waals surface area contributed by atoms with Crippen LogP contribution in [0.25, 0.3) is 0 Å². The van der Waals surface area contributed by atoms with Gasteiger partial charge in [-0.05, 0) is 36.4 Å². The van der Waals surface area contributed by atoms with Gasteiger partial charge in [0.05, 0.1) is 16.3 Å². The highest BCUT2D eigenvalue weighted by atomic mass is 35.5. The molecular weight excluding hydrogens is 385 g/mol. The van der Waals surface area contributed by atoms with E-state index in [1.54, 1.807) is 19.1 Å². The van der Waals surface area contributed by atoms with Crippen LogP contribution in [0, 0.1) is 5.92 Å². The van der Waals surface area contributed by atoms with Crippen LogP contribution in [0.3, 0.4) is 0 Å². The predicted molar refractivity (Wildman–Crippen MR) is 96.2 cm³/mol. The van der Waals surface area contributed by atoms with Crippen LogP contribution in [0.15, 0.2) is 42.5 Å². The maximum Gasteiger partial charge on any atom is 0.573 e. The third kappa shape index (κ3) is 6.18. The fourth-order valence-electron chi connectivity index (χ4n) is 2.14. The molecule has 1 unspecified atom stereocenters. The number of anilines is 2. The third-order valence-electron chi connectivity index (χ3n) is 3.44. The summed E-state index contributed by atoms with van der Waals surface area (Å²) >= 11 is 6.13. The Labute approximate surface area is 158 Å². The minimum absolute atomic E-state index is 0.233. The van der Waals surface area contributed by atoms with E-state index in [2.05, 4.69) is 15.4 Å². The van der Waals surface area contributed by atoms with Crippen molar-refractivity contribution in [1.82, 2.24) is 0 Å². The lowest BCUT2D eigenvalue weighted by Crippen LogP contribution is -2.18.